The normalized spacial score (nSPS) is 16.2. The average molecular weight is 435 g/mol. The molecule has 3 aromatic rings. The van der Waals surface area contributed by atoms with Gasteiger partial charge in [-0.25, -0.2) is 22.1 Å². The number of hydrogen-bond acceptors (Lipinski definition) is 6. The largest absolute Gasteiger partial charge is 0.504 e. The topological polar surface area (TPSA) is 105 Å². The van der Waals surface area contributed by atoms with Gasteiger partial charge in [0.2, 0.25) is 10.0 Å². The van der Waals surface area contributed by atoms with Crippen molar-refractivity contribution in [2.45, 2.75) is 24.3 Å². The maximum Gasteiger partial charge on any atom is 0.242 e. The molecule has 30 heavy (non-hydrogen) atoms. The summed E-state index contributed by atoms with van der Waals surface area (Å²) in [4.78, 5) is 4.62. The van der Waals surface area contributed by atoms with Crippen molar-refractivity contribution in [1.82, 2.24) is 13.9 Å². The Kier molecular flexibility index (Phi) is 4.57. The van der Waals surface area contributed by atoms with Crippen molar-refractivity contribution in [1.29, 1.82) is 0 Å². The highest BCUT2D eigenvalue weighted by molar-refractivity contribution is 7.89. The molecule has 1 aliphatic heterocycles. The Morgan fingerprint density at radius 3 is 2.43 bits per heavy atom. The monoisotopic (exact) mass is 435 g/mol. The molecular formula is C20H22FN3O5S. The third-order valence-electron chi connectivity index (χ3n) is 5.41. The summed E-state index contributed by atoms with van der Waals surface area (Å²) in [6.45, 7) is 4.11. The Morgan fingerprint density at radius 1 is 1.20 bits per heavy atom. The summed E-state index contributed by atoms with van der Waals surface area (Å²) < 4.78 is 48.4. The molecule has 0 radical (unpaired) electrons. The second-order valence-corrected chi connectivity index (χ2v) is 10.1. The van der Waals surface area contributed by atoms with Crippen LogP contribution in [0.1, 0.15) is 12.5 Å². The zero-order valence-electron chi connectivity index (χ0n) is 17.0. The van der Waals surface area contributed by atoms with Gasteiger partial charge in [-0.3, -0.25) is 0 Å². The van der Waals surface area contributed by atoms with Gasteiger partial charge in [0.1, 0.15) is 5.82 Å². The van der Waals surface area contributed by atoms with Crippen molar-refractivity contribution in [2.24, 2.45) is 0 Å². The van der Waals surface area contributed by atoms with Gasteiger partial charge >= 0.3 is 0 Å². The molecule has 0 atom stereocenters. The first-order valence-corrected chi connectivity index (χ1v) is 10.7. The van der Waals surface area contributed by atoms with Crippen molar-refractivity contribution in [3.05, 3.63) is 35.6 Å². The van der Waals surface area contributed by atoms with Crippen LogP contribution in [0.2, 0.25) is 0 Å². The van der Waals surface area contributed by atoms with Gasteiger partial charge in [-0.2, -0.15) is 0 Å². The molecule has 160 valence electrons. The fourth-order valence-corrected chi connectivity index (χ4v) is 4.53. The molecule has 2 aromatic carbocycles. The van der Waals surface area contributed by atoms with Crippen LogP contribution < -0.4 is 0 Å². The molecule has 0 amide bonds. The number of rotatable bonds is 4. The van der Waals surface area contributed by atoms with Crippen LogP contribution in [0.3, 0.4) is 0 Å². The predicted molar refractivity (Wildman–Crippen MR) is 109 cm³/mol. The van der Waals surface area contributed by atoms with Crippen LogP contribution in [0.15, 0.2) is 29.2 Å². The van der Waals surface area contributed by atoms with Crippen molar-refractivity contribution >= 4 is 21.1 Å². The molecule has 0 unspecified atom stereocenters. The van der Waals surface area contributed by atoms with Crippen LogP contribution in [-0.2, 0) is 20.3 Å². The van der Waals surface area contributed by atoms with Crippen molar-refractivity contribution in [3.8, 4) is 22.9 Å². The van der Waals surface area contributed by atoms with Crippen LogP contribution in [0.5, 0.6) is 11.5 Å². The SMILES string of the molecule is Cc1cc(-c2nc3ccc(S(=O)(=O)N(C)C)cc3n2C2(C)COC2)c(F)c(O)c1O. The standard InChI is InChI=1S/C20H22FN3O5S/c1-11-7-13(16(21)18(26)17(11)25)19-22-14-6-5-12(30(27,28)23(3)4)8-15(14)24(19)20(2)9-29-10-20/h5-8,25-26H,9-10H2,1-4H3. The smallest absolute Gasteiger partial charge is 0.242 e. The van der Waals surface area contributed by atoms with Crippen LogP contribution >= 0.6 is 0 Å². The number of hydrogen-bond donors (Lipinski definition) is 2. The molecule has 8 nitrogen and oxygen atoms in total. The van der Waals surface area contributed by atoms with Gasteiger partial charge in [0.05, 0.1) is 40.2 Å². The molecule has 0 spiro atoms. The highest BCUT2D eigenvalue weighted by Crippen LogP contribution is 2.42. The van der Waals surface area contributed by atoms with E-state index in [1.807, 2.05) is 6.92 Å². The number of aromatic hydroxyl groups is 2. The summed E-state index contributed by atoms with van der Waals surface area (Å²) in [5.74, 6) is -2.17. The van der Waals surface area contributed by atoms with E-state index >= 15 is 0 Å². The predicted octanol–water partition coefficient (Wildman–Crippen LogP) is 2.56. The summed E-state index contributed by atoms with van der Waals surface area (Å²) in [5, 5.41) is 19.9. The van der Waals surface area contributed by atoms with Gasteiger partial charge < -0.3 is 19.5 Å². The van der Waals surface area contributed by atoms with E-state index in [9.17, 15) is 23.0 Å². The van der Waals surface area contributed by atoms with Crippen molar-refractivity contribution in [2.75, 3.05) is 27.3 Å². The van der Waals surface area contributed by atoms with E-state index in [1.165, 1.54) is 32.3 Å². The van der Waals surface area contributed by atoms with Gasteiger partial charge in [0.15, 0.2) is 17.3 Å². The maximum absolute atomic E-state index is 14.9. The first-order chi connectivity index (χ1) is 14.0. The number of aromatic nitrogens is 2. The number of halogens is 1. The van der Waals surface area contributed by atoms with Crippen LogP contribution in [0.4, 0.5) is 4.39 Å². The Morgan fingerprint density at radius 2 is 1.87 bits per heavy atom. The lowest BCUT2D eigenvalue weighted by Gasteiger charge is -2.40. The Balaban J connectivity index is 2.06. The Labute approximate surface area is 173 Å². The molecule has 2 heterocycles. The van der Waals surface area contributed by atoms with Crippen LogP contribution in [0, 0.1) is 12.7 Å². The number of benzene rings is 2. The maximum atomic E-state index is 14.9. The van der Waals surface area contributed by atoms with E-state index in [4.69, 9.17) is 4.74 Å². The minimum atomic E-state index is -3.69. The summed E-state index contributed by atoms with van der Waals surface area (Å²) >= 11 is 0. The molecule has 1 fully saturated rings. The minimum absolute atomic E-state index is 0.00383. The van der Waals surface area contributed by atoms with Crippen molar-refractivity contribution in [3.63, 3.8) is 0 Å². The fraction of sp³-hybridized carbons (Fsp3) is 0.350. The summed E-state index contributed by atoms with van der Waals surface area (Å²) in [6.07, 6.45) is 0. The second-order valence-electron chi connectivity index (χ2n) is 7.95. The zero-order chi connectivity index (χ0) is 22.0. The average Bonchev–Trinajstić information content (AvgIpc) is 3.05. The van der Waals surface area contributed by atoms with Crippen LogP contribution in [-0.4, -0.2) is 59.8 Å². The molecule has 1 aromatic heterocycles. The lowest BCUT2D eigenvalue weighted by atomic mass is 9.98. The number of ether oxygens (including phenoxy) is 1. The third-order valence-corrected chi connectivity index (χ3v) is 7.23. The molecule has 1 aliphatic rings. The fourth-order valence-electron chi connectivity index (χ4n) is 3.61. The molecule has 0 aliphatic carbocycles. The molecule has 0 saturated carbocycles. The summed E-state index contributed by atoms with van der Waals surface area (Å²) in [5.41, 5.74) is 0.680. The van der Waals surface area contributed by atoms with Crippen LogP contribution in [0.25, 0.3) is 22.4 Å². The number of aryl methyl sites for hydroxylation is 1. The van der Waals surface area contributed by atoms with Gasteiger partial charge in [-0.05, 0) is 43.7 Å². The molecular weight excluding hydrogens is 413 g/mol. The first kappa shape index (κ1) is 20.6. The highest BCUT2D eigenvalue weighted by Gasteiger charge is 2.39. The third kappa shape index (κ3) is 2.86. The number of phenols is 2. The van der Waals surface area contributed by atoms with Gasteiger partial charge in [-0.1, -0.05) is 0 Å². The van der Waals surface area contributed by atoms with E-state index in [0.717, 1.165) is 4.31 Å². The van der Waals surface area contributed by atoms with Crippen molar-refractivity contribution < 1.29 is 27.8 Å². The lowest BCUT2D eigenvalue weighted by Crippen LogP contribution is -2.49. The van der Waals surface area contributed by atoms with E-state index in [0.29, 0.717) is 24.2 Å². The number of imidazole rings is 1. The van der Waals surface area contributed by atoms with E-state index in [-0.39, 0.29) is 21.8 Å². The zero-order valence-corrected chi connectivity index (χ0v) is 17.8. The number of fused-ring (bicyclic) bond motifs is 1. The number of phenolic OH excluding ortho intramolecular Hbond substituents is 2. The van der Waals surface area contributed by atoms with E-state index in [2.05, 4.69) is 4.98 Å². The number of sulfonamides is 1. The molecule has 10 heteroatoms. The molecule has 1 saturated heterocycles. The summed E-state index contributed by atoms with van der Waals surface area (Å²) in [6, 6.07) is 5.94. The van der Waals surface area contributed by atoms with Gasteiger partial charge in [-0.15, -0.1) is 0 Å². The van der Waals surface area contributed by atoms with Gasteiger partial charge in [0.25, 0.3) is 0 Å². The number of nitrogens with zero attached hydrogens (tertiary/aromatic N) is 3. The quantitative estimate of drug-likeness (QED) is 0.611. The lowest BCUT2D eigenvalue weighted by molar-refractivity contribution is -0.0868. The first-order valence-electron chi connectivity index (χ1n) is 9.22. The van der Waals surface area contributed by atoms with Gasteiger partial charge in [0, 0.05) is 14.1 Å². The molecule has 4 rings (SSSR count). The minimum Gasteiger partial charge on any atom is -0.504 e. The Bertz CT molecular complexity index is 1280. The van der Waals surface area contributed by atoms with E-state index < -0.39 is 32.9 Å². The highest BCUT2D eigenvalue weighted by atomic mass is 32.2. The molecule has 2 N–H and O–H groups in total. The molecule has 0 bridgehead atoms. The summed E-state index contributed by atoms with van der Waals surface area (Å²) in [7, 11) is -0.798. The van der Waals surface area contributed by atoms with E-state index in [1.54, 1.807) is 17.6 Å². The Hall–Kier alpha value is -2.69. The second kappa shape index (κ2) is 6.66.